The van der Waals surface area contributed by atoms with Crippen LogP contribution in [0.25, 0.3) is 11.3 Å². The third-order valence-electron chi connectivity index (χ3n) is 1.98. The van der Waals surface area contributed by atoms with Crippen LogP contribution in [0.5, 0.6) is 0 Å². The molecule has 0 bridgehead atoms. The smallest absolute Gasteiger partial charge is 0.183 e. The Hall–Kier alpha value is -1.06. The number of aromatic nitrogens is 1. The molecule has 0 amide bonds. The van der Waals surface area contributed by atoms with Crippen molar-refractivity contribution in [1.29, 1.82) is 0 Å². The van der Waals surface area contributed by atoms with Crippen LogP contribution in [-0.2, 0) is 0 Å². The lowest BCUT2D eigenvalue weighted by molar-refractivity contribution is 1.19. The zero-order valence-electron chi connectivity index (χ0n) is 8.33. The van der Waals surface area contributed by atoms with Gasteiger partial charge in [-0.05, 0) is 13.0 Å². The molecule has 2 nitrogen and oxygen atoms in total. The van der Waals surface area contributed by atoms with E-state index in [0.29, 0.717) is 0 Å². The Bertz CT molecular complexity index is 453. The second-order valence-electron chi connectivity index (χ2n) is 3.05. The maximum Gasteiger partial charge on any atom is 0.183 e. The number of thiazole rings is 1. The fourth-order valence-electron chi connectivity index (χ4n) is 1.30. The normalized spacial score (nSPS) is 10.3. The average Bonchev–Trinajstić information content (AvgIpc) is 2.68. The summed E-state index contributed by atoms with van der Waals surface area (Å²) in [6.07, 6.45) is 0. The van der Waals surface area contributed by atoms with Crippen LogP contribution < -0.4 is 5.32 Å². The van der Waals surface area contributed by atoms with Crippen LogP contribution >= 0.6 is 22.9 Å². The first-order chi connectivity index (χ1) is 7.31. The van der Waals surface area contributed by atoms with Crippen molar-refractivity contribution in [2.75, 3.05) is 11.9 Å². The molecule has 1 aromatic carbocycles. The SMILES string of the molecule is CCNc1nc(-c2ccccc2Cl)cs1. The van der Waals surface area contributed by atoms with Crippen LogP contribution in [0.1, 0.15) is 6.92 Å². The molecule has 2 aromatic rings. The summed E-state index contributed by atoms with van der Waals surface area (Å²) in [5, 5.41) is 6.87. The van der Waals surface area contributed by atoms with E-state index < -0.39 is 0 Å². The van der Waals surface area contributed by atoms with E-state index in [9.17, 15) is 0 Å². The third-order valence-corrected chi connectivity index (χ3v) is 3.11. The second-order valence-corrected chi connectivity index (χ2v) is 4.31. The van der Waals surface area contributed by atoms with Crippen molar-refractivity contribution in [1.82, 2.24) is 4.98 Å². The Morgan fingerprint density at radius 3 is 2.93 bits per heavy atom. The summed E-state index contributed by atoms with van der Waals surface area (Å²) < 4.78 is 0. The minimum absolute atomic E-state index is 0.742. The molecule has 0 aliphatic carbocycles. The van der Waals surface area contributed by atoms with Gasteiger partial charge >= 0.3 is 0 Å². The summed E-state index contributed by atoms with van der Waals surface area (Å²) in [4.78, 5) is 4.45. The fourth-order valence-corrected chi connectivity index (χ4v) is 2.31. The van der Waals surface area contributed by atoms with Gasteiger partial charge in [-0.25, -0.2) is 4.98 Å². The van der Waals surface area contributed by atoms with Gasteiger partial charge in [-0.2, -0.15) is 0 Å². The lowest BCUT2D eigenvalue weighted by Crippen LogP contribution is -1.94. The number of anilines is 1. The molecule has 0 atom stereocenters. The van der Waals surface area contributed by atoms with E-state index in [-0.39, 0.29) is 0 Å². The first kappa shape index (κ1) is 10.5. The van der Waals surface area contributed by atoms with Crippen LogP contribution in [0.4, 0.5) is 5.13 Å². The van der Waals surface area contributed by atoms with Crippen molar-refractivity contribution in [3.8, 4) is 11.3 Å². The molecule has 1 heterocycles. The molecule has 0 saturated carbocycles. The molecule has 0 radical (unpaired) electrons. The highest BCUT2D eigenvalue weighted by Gasteiger charge is 2.06. The Morgan fingerprint density at radius 1 is 1.40 bits per heavy atom. The van der Waals surface area contributed by atoms with Gasteiger partial charge < -0.3 is 5.32 Å². The molecule has 0 saturated heterocycles. The van der Waals surface area contributed by atoms with E-state index in [1.807, 2.05) is 29.6 Å². The first-order valence-electron chi connectivity index (χ1n) is 4.75. The number of halogens is 1. The quantitative estimate of drug-likeness (QED) is 0.878. The highest BCUT2D eigenvalue weighted by molar-refractivity contribution is 7.14. The van der Waals surface area contributed by atoms with Crippen LogP contribution in [-0.4, -0.2) is 11.5 Å². The first-order valence-corrected chi connectivity index (χ1v) is 6.01. The van der Waals surface area contributed by atoms with Crippen LogP contribution in [0, 0.1) is 0 Å². The summed E-state index contributed by atoms with van der Waals surface area (Å²) in [5.41, 5.74) is 1.92. The zero-order valence-corrected chi connectivity index (χ0v) is 9.90. The van der Waals surface area contributed by atoms with Gasteiger partial charge in [0.05, 0.1) is 5.69 Å². The molecule has 4 heteroatoms. The van der Waals surface area contributed by atoms with Crippen molar-refractivity contribution in [3.05, 3.63) is 34.7 Å². The number of benzene rings is 1. The Balaban J connectivity index is 2.33. The number of rotatable bonds is 3. The number of nitrogens with zero attached hydrogens (tertiary/aromatic N) is 1. The zero-order chi connectivity index (χ0) is 10.7. The predicted octanol–water partition coefficient (Wildman–Crippen LogP) is 3.90. The van der Waals surface area contributed by atoms with Gasteiger partial charge in [-0.1, -0.05) is 29.8 Å². The maximum atomic E-state index is 6.09. The van der Waals surface area contributed by atoms with Gasteiger partial charge in [0.15, 0.2) is 5.13 Å². The largest absolute Gasteiger partial charge is 0.362 e. The summed E-state index contributed by atoms with van der Waals surface area (Å²) >= 11 is 7.69. The Kier molecular flexibility index (Phi) is 3.23. The van der Waals surface area contributed by atoms with Gasteiger partial charge in [-0.3, -0.25) is 0 Å². The van der Waals surface area contributed by atoms with Crippen molar-refractivity contribution in [3.63, 3.8) is 0 Å². The van der Waals surface area contributed by atoms with Crippen LogP contribution in [0.15, 0.2) is 29.6 Å². The topological polar surface area (TPSA) is 24.9 Å². The lowest BCUT2D eigenvalue weighted by atomic mass is 10.2. The molecular weight excluding hydrogens is 228 g/mol. The summed E-state index contributed by atoms with van der Waals surface area (Å²) in [6, 6.07) is 7.74. The molecule has 0 spiro atoms. The van der Waals surface area contributed by atoms with Gasteiger partial charge in [0.1, 0.15) is 0 Å². The lowest BCUT2D eigenvalue weighted by Gasteiger charge is -1.99. The van der Waals surface area contributed by atoms with Crippen molar-refractivity contribution in [2.24, 2.45) is 0 Å². The number of hydrogen-bond acceptors (Lipinski definition) is 3. The minimum Gasteiger partial charge on any atom is -0.362 e. The maximum absolute atomic E-state index is 6.09. The molecule has 2 rings (SSSR count). The Labute approximate surface area is 97.9 Å². The van der Waals surface area contributed by atoms with Crippen molar-refractivity contribution in [2.45, 2.75) is 6.92 Å². The Morgan fingerprint density at radius 2 is 2.20 bits per heavy atom. The fraction of sp³-hybridized carbons (Fsp3) is 0.182. The van der Waals surface area contributed by atoms with E-state index in [0.717, 1.165) is 28.0 Å². The van der Waals surface area contributed by atoms with Gasteiger partial charge in [0.2, 0.25) is 0 Å². The molecule has 1 N–H and O–H groups in total. The molecule has 1 aromatic heterocycles. The second kappa shape index (κ2) is 4.64. The van der Waals surface area contributed by atoms with Crippen LogP contribution in [0.2, 0.25) is 5.02 Å². The molecule has 0 fully saturated rings. The van der Waals surface area contributed by atoms with E-state index in [4.69, 9.17) is 11.6 Å². The number of hydrogen-bond donors (Lipinski definition) is 1. The molecule has 0 unspecified atom stereocenters. The highest BCUT2D eigenvalue weighted by Crippen LogP contribution is 2.29. The molecule has 0 aliphatic rings. The van der Waals surface area contributed by atoms with E-state index in [2.05, 4.69) is 17.2 Å². The predicted molar refractivity (Wildman–Crippen MR) is 66.7 cm³/mol. The van der Waals surface area contributed by atoms with E-state index in [1.165, 1.54) is 0 Å². The summed E-state index contributed by atoms with van der Waals surface area (Å²) in [6.45, 7) is 2.94. The van der Waals surface area contributed by atoms with Gasteiger partial charge in [-0.15, -0.1) is 11.3 Å². The highest BCUT2D eigenvalue weighted by atomic mass is 35.5. The van der Waals surface area contributed by atoms with Crippen molar-refractivity contribution >= 4 is 28.1 Å². The molecule has 0 aliphatic heterocycles. The van der Waals surface area contributed by atoms with Crippen molar-refractivity contribution < 1.29 is 0 Å². The molecule has 78 valence electrons. The summed E-state index contributed by atoms with van der Waals surface area (Å²) in [5.74, 6) is 0. The van der Waals surface area contributed by atoms with Gasteiger partial charge in [0, 0.05) is 22.5 Å². The summed E-state index contributed by atoms with van der Waals surface area (Å²) in [7, 11) is 0. The average molecular weight is 239 g/mol. The number of nitrogens with one attached hydrogen (secondary N) is 1. The third kappa shape index (κ3) is 2.30. The van der Waals surface area contributed by atoms with E-state index in [1.54, 1.807) is 11.3 Å². The monoisotopic (exact) mass is 238 g/mol. The minimum atomic E-state index is 0.742. The van der Waals surface area contributed by atoms with Crippen LogP contribution in [0.3, 0.4) is 0 Å². The molecule has 15 heavy (non-hydrogen) atoms. The van der Waals surface area contributed by atoms with Gasteiger partial charge in [0.25, 0.3) is 0 Å². The standard InChI is InChI=1S/C11H11ClN2S/c1-2-13-11-14-10(7-15-11)8-5-3-4-6-9(8)12/h3-7H,2H2,1H3,(H,13,14). The van der Waals surface area contributed by atoms with E-state index >= 15 is 0 Å². The molecular formula is C11H11ClN2S.